The lowest BCUT2D eigenvalue weighted by Crippen LogP contribution is -2.32. The van der Waals surface area contributed by atoms with Crippen LogP contribution in [-0.4, -0.2) is 4.57 Å². The van der Waals surface area contributed by atoms with Gasteiger partial charge in [-0.05, 0) is 78.7 Å². The molecule has 0 radical (unpaired) electrons. The minimum absolute atomic E-state index is 0.174. The zero-order valence-corrected chi connectivity index (χ0v) is 23.0. The first-order valence-electron chi connectivity index (χ1n) is 12.6. The standard InChI is InChI=1S/C34H29BrN2/c1-5-11-24(12-6-2)37-31-16-10-8-14-28(31)34(3,4)29-22-32-27(21-33(29)37)26-13-7-9-15-30(26)36(32)25-19-17-23(35)18-20-25/h5-22H,1H2,2-4H3/b12-6-,24-11+. The number of aromatic nitrogens is 1. The summed E-state index contributed by atoms with van der Waals surface area (Å²) in [6.45, 7) is 10.8. The molecule has 6 rings (SSSR count). The topological polar surface area (TPSA) is 8.17 Å². The Morgan fingerprint density at radius 1 is 0.811 bits per heavy atom. The fraction of sp³-hybridized carbons (Fsp3) is 0.118. The largest absolute Gasteiger partial charge is 0.310 e. The minimum atomic E-state index is -0.174. The van der Waals surface area contributed by atoms with Crippen molar-refractivity contribution in [1.29, 1.82) is 0 Å². The predicted molar refractivity (Wildman–Crippen MR) is 162 cm³/mol. The number of hydrogen-bond donors (Lipinski definition) is 0. The van der Waals surface area contributed by atoms with Crippen LogP contribution in [0.1, 0.15) is 31.9 Å². The first-order chi connectivity index (χ1) is 18.0. The van der Waals surface area contributed by atoms with E-state index in [1.165, 1.54) is 44.3 Å². The molecule has 0 saturated carbocycles. The van der Waals surface area contributed by atoms with E-state index in [1.807, 2.05) is 6.08 Å². The zero-order chi connectivity index (χ0) is 25.7. The van der Waals surface area contributed by atoms with Crippen LogP contribution >= 0.6 is 15.9 Å². The third-order valence-corrected chi connectivity index (χ3v) is 8.02. The van der Waals surface area contributed by atoms with Gasteiger partial charge < -0.3 is 9.47 Å². The molecule has 1 aliphatic heterocycles. The number of para-hydroxylation sites is 2. The molecule has 0 N–H and O–H groups in total. The van der Waals surface area contributed by atoms with Crippen molar-refractivity contribution >= 4 is 49.1 Å². The summed E-state index contributed by atoms with van der Waals surface area (Å²) in [6, 6.07) is 30.9. The minimum Gasteiger partial charge on any atom is -0.310 e. The van der Waals surface area contributed by atoms with Crippen molar-refractivity contribution in [1.82, 2.24) is 4.57 Å². The monoisotopic (exact) mass is 544 g/mol. The van der Waals surface area contributed by atoms with E-state index in [0.29, 0.717) is 0 Å². The summed E-state index contributed by atoms with van der Waals surface area (Å²) in [5.41, 5.74) is 9.54. The molecule has 4 aromatic carbocycles. The van der Waals surface area contributed by atoms with Crippen LogP contribution in [0.15, 0.2) is 126 Å². The summed E-state index contributed by atoms with van der Waals surface area (Å²) in [6.07, 6.45) is 8.22. The second-order valence-electron chi connectivity index (χ2n) is 10.0. The Morgan fingerprint density at radius 2 is 1.54 bits per heavy atom. The fourth-order valence-electron chi connectivity index (χ4n) is 5.80. The van der Waals surface area contributed by atoms with Crippen molar-refractivity contribution in [3.05, 3.63) is 137 Å². The van der Waals surface area contributed by atoms with E-state index >= 15 is 0 Å². The predicted octanol–water partition coefficient (Wildman–Crippen LogP) is 9.97. The molecular formula is C34H29BrN2. The van der Waals surface area contributed by atoms with E-state index in [2.05, 4.69) is 156 Å². The van der Waals surface area contributed by atoms with Crippen LogP contribution in [0.2, 0.25) is 0 Å². The molecule has 1 aliphatic rings. The number of nitrogens with zero attached hydrogens (tertiary/aromatic N) is 2. The number of hydrogen-bond acceptors (Lipinski definition) is 1. The Bertz CT molecular complexity index is 1730. The molecule has 5 aromatic rings. The van der Waals surface area contributed by atoms with Crippen LogP contribution in [0.3, 0.4) is 0 Å². The molecule has 3 heteroatoms. The number of fused-ring (bicyclic) bond motifs is 5. The van der Waals surface area contributed by atoms with Gasteiger partial charge in [0.15, 0.2) is 0 Å². The maximum Gasteiger partial charge on any atom is 0.0545 e. The lowest BCUT2D eigenvalue weighted by molar-refractivity contribution is 0.631. The highest BCUT2D eigenvalue weighted by Crippen LogP contribution is 2.52. The molecule has 0 amide bonds. The molecular weight excluding hydrogens is 516 g/mol. The second kappa shape index (κ2) is 8.93. The molecule has 0 atom stereocenters. The Morgan fingerprint density at radius 3 is 2.30 bits per heavy atom. The number of anilines is 2. The smallest absolute Gasteiger partial charge is 0.0545 e. The van der Waals surface area contributed by atoms with E-state index in [4.69, 9.17) is 0 Å². The lowest BCUT2D eigenvalue weighted by atomic mass is 9.73. The Balaban J connectivity index is 1.75. The molecule has 0 saturated heterocycles. The Hall–Kier alpha value is -3.82. The van der Waals surface area contributed by atoms with Gasteiger partial charge in [0.25, 0.3) is 0 Å². The molecule has 0 aliphatic carbocycles. The summed E-state index contributed by atoms with van der Waals surface area (Å²) < 4.78 is 3.47. The van der Waals surface area contributed by atoms with Gasteiger partial charge in [0, 0.05) is 32.0 Å². The third kappa shape index (κ3) is 3.60. The highest BCUT2D eigenvalue weighted by molar-refractivity contribution is 9.10. The van der Waals surface area contributed by atoms with Crippen LogP contribution in [0.5, 0.6) is 0 Å². The van der Waals surface area contributed by atoms with Crippen molar-refractivity contribution in [2.75, 3.05) is 4.90 Å². The van der Waals surface area contributed by atoms with Crippen LogP contribution in [0, 0.1) is 0 Å². The quantitative estimate of drug-likeness (QED) is 0.204. The lowest BCUT2D eigenvalue weighted by Gasteiger charge is -2.42. The van der Waals surface area contributed by atoms with Gasteiger partial charge >= 0.3 is 0 Å². The van der Waals surface area contributed by atoms with Gasteiger partial charge in [-0.3, -0.25) is 0 Å². The van der Waals surface area contributed by atoms with E-state index < -0.39 is 0 Å². The maximum absolute atomic E-state index is 4.01. The number of rotatable bonds is 4. The highest BCUT2D eigenvalue weighted by Gasteiger charge is 2.37. The highest BCUT2D eigenvalue weighted by atomic mass is 79.9. The normalized spacial score (nSPS) is 14.8. The summed E-state index contributed by atoms with van der Waals surface area (Å²) in [4.78, 5) is 2.39. The maximum atomic E-state index is 4.01. The van der Waals surface area contributed by atoms with E-state index in [0.717, 1.165) is 15.9 Å². The Kier molecular flexibility index (Phi) is 5.69. The van der Waals surface area contributed by atoms with Crippen molar-refractivity contribution in [3.8, 4) is 5.69 Å². The van der Waals surface area contributed by atoms with Crippen molar-refractivity contribution in [3.63, 3.8) is 0 Å². The van der Waals surface area contributed by atoms with Crippen LogP contribution < -0.4 is 4.90 Å². The molecule has 182 valence electrons. The number of benzene rings is 4. The summed E-state index contributed by atoms with van der Waals surface area (Å²) in [7, 11) is 0. The third-order valence-electron chi connectivity index (χ3n) is 7.49. The molecule has 0 unspecified atom stereocenters. The summed E-state index contributed by atoms with van der Waals surface area (Å²) in [5.74, 6) is 0. The molecule has 0 fully saturated rings. The molecule has 37 heavy (non-hydrogen) atoms. The van der Waals surface area contributed by atoms with E-state index in [-0.39, 0.29) is 5.41 Å². The summed E-state index contributed by atoms with van der Waals surface area (Å²) >= 11 is 3.60. The van der Waals surface area contributed by atoms with Gasteiger partial charge in [0.05, 0.1) is 22.4 Å². The van der Waals surface area contributed by atoms with Crippen LogP contribution in [0.25, 0.3) is 27.5 Å². The van der Waals surface area contributed by atoms with E-state index in [9.17, 15) is 0 Å². The van der Waals surface area contributed by atoms with Gasteiger partial charge in [-0.15, -0.1) is 0 Å². The molecule has 0 bridgehead atoms. The molecule has 1 aromatic heterocycles. The van der Waals surface area contributed by atoms with Gasteiger partial charge in [-0.2, -0.15) is 0 Å². The fourth-order valence-corrected chi connectivity index (χ4v) is 6.07. The second-order valence-corrected chi connectivity index (χ2v) is 10.9. The van der Waals surface area contributed by atoms with Crippen molar-refractivity contribution < 1.29 is 0 Å². The van der Waals surface area contributed by atoms with Gasteiger partial charge in [0.2, 0.25) is 0 Å². The Labute approximate surface area is 227 Å². The zero-order valence-electron chi connectivity index (χ0n) is 21.4. The van der Waals surface area contributed by atoms with Crippen molar-refractivity contribution in [2.24, 2.45) is 0 Å². The van der Waals surface area contributed by atoms with Crippen LogP contribution in [-0.2, 0) is 5.41 Å². The first kappa shape index (κ1) is 23.6. The van der Waals surface area contributed by atoms with Crippen molar-refractivity contribution in [2.45, 2.75) is 26.2 Å². The molecule has 2 heterocycles. The average molecular weight is 546 g/mol. The number of allylic oxidation sites excluding steroid dienone is 4. The number of halogens is 1. The average Bonchev–Trinajstić information content (AvgIpc) is 3.22. The SMILES string of the molecule is C=C/C=C(\C=C/C)N1c2ccccc2C(C)(C)c2cc3c(cc21)c1ccccc1n3-c1ccc(Br)cc1. The van der Waals surface area contributed by atoms with E-state index in [1.54, 1.807) is 0 Å². The van der Waals surface area contributed by atoms with Gasteiger partial charge in [-0.25, -0.2) is 0 Å². The molecule has 2 nitrogen and oxygen atoms in total. The first-order valence-corrected chi connectivity index (χ1v) is 13.4. The summed E-state index contributed by atoms with van der Waals surface area (Å²) in [5, 5.41) is 2.50. The van der Waals surface area contributed by atoms with Crippen LogP contribution in [0.4, 0.5) is 11.4 Å². The van der Waals surface area contributed by atoms with Gasteiger partial charge in [0.1, 0.15) is 0 Å². The molecule has 0 spiro atoms. The van der Waals surface area contributed by atoms with Gasteiger partial charge in [-0.1, -0.05) is 84.9 Å².